The summed E-state index contributed by atoms with van der Waals surface area (Å²) in [4.78, 5) is 1.40. The van der Waals surface area contributed by atoms with E-state index in [9.17, 15) is 20.7 Å². The molecule has 1 aromatic carbocycles. The van der Waals surface area contributed by atoms with Gasteiger partial charge in [0, 0.05) is 12.6 Å². The normalized spacial score (nSPS) is 21.3. The van der Waals surface area contributed by atoms with Crippen LogP contribution in [-0.4, -0.2) is 47.9 Å². The van der Waals surface area contributed by atoms with Crippen LogP contribution in [0.4, 0.5) is 3.89 Å². The Kier molecular flexibility index (Phi) is 4.66. The van der Waals surface area contributed by atoms with E-state index in [0.29, 0.717) is 6.54 Å². The number of nitrogens with one attached hydrogen (secondary N) is 1. The fraction of sp³-hybridized carbons (Fsp3) is 0.500. The van der Waals surface area contributed by atoms with Gasteiger partial charge in [0.2, 0.25) is 10.0 Å². The fourth-order valence-corrected chi connectivity index (χ4v) is 4.05. The van der Waals surface area contributed by atoms with Gasteiger partial charge in [-0.3, -0.25) is 0 Å². The first kappa shape index (κ1) is 16.3. The second-order valence-corrected chi connectivity index (χ2v) is 8.19. The van der Waals surface area contributed by atoms with Crippen molar-refractivity contribution in [3.05, 3.63) is 24.3 Å². The number of benzene rings is 1. The third kappa shape index (κ3) is 4.22. The van der Waals surface area contributed by atoms with E-state index in [1.54, 1.807) is 0 Å². The Bertz CT molecular complexity index is 701. The molecule has 1 saturated heterocycles. The molecule has 0 bridgehead atoms. The van der Waals surface area contributed by atoms with E-state index in [2.05, 4.69) is 4.72 Å². The molecule has 1 unspecified atom stereocenters. The summed E-state index contributed by atoms with van der Waals surface area (Å²) in [5.74, 6) is 0. The molecule has 1 aliphatic heterocycles. The van der Waals surface area contributed by atoms with Gasteiger partial charge in [0.15, 0.2) is 0 Å². The van der Waals surface area contributed by atoms with Gasteiger partial charge in [-0.05, 0) is 50.7 Å². The molecule has 21 heavy (non-hydrogen) atoms. The van der Waals surface area contributed by atoms with Gasteiger partial charge in [0.1, 0.15) is 0 Å². The first-order chi connectivity index (χ1) is 9.68. The zero-order valence-electron chi connectivity index (χ0n) is 11.5. The highest BCUT2D eigenvalue weighted by atomic mass is 32.3. The number of rotatable bonds is 4. The molecule has 1 fully saturated rings. The minimum Gasteiger partial charge on any atom is -0.305 e. The summed E-state index contributed by atoms with van der Waals surface area (Å²) in [5, 5.41) is 0. The maximum Gasteiger partial charge on any atom is 0.332 e. The largest absolute Gasteiger partial charge is 0.332 e. The monoisotopic (exact) mass is 336 g/mol. The van der Waals surface area contributed by atoms with Crippen LogP contribution < -0.4 is 4.72 Å². The van der Waals surface area contributed by atoms with E-state index in [1.807, 2.05) is 11.9 Å². The molecule has 0 amide bonds. The van der Waals surface area contributed by atoms with Gasteiger partial charge in [0.05, 0.1) is 9.79 Å². The van der Waals surface area contributed by atoms with Crippen LogP contribution in [0.5, 0.6) is 0 Å². The Labute approximate surface area is 124 Å². The van der Waals surface area contributed by atoms with Crippen molar-refractivity contribution in [3.63, 3.8) is 0 Å². The molecule has 0 saturated carbocycles. The molecule has 6 nitrogen and oxygen atoms in total. The number of hydrogen-bond acceptors (Lipinski definition) is 5. The van der Waals surface area contributed by atoms with Crippen molar-refractivity contribution in [1.82, 2.24) is 9.62 Å². The predicted octanol–water partition coefficient (Wildman–Crippen LogP) is 0.717. The van der Waals surface area contributed by atoms with Crippen LogP contribution in [0.2, 0.25) is 0 Å². The lowest BCUT2D eigenvalue weighted by molar-refractivity contribution is 0.242. The van der Waals surface area contributed by atoms with Crippen LogP contribution in [0, 0.1) is 0 Å². The second kappa shape index (κ2) is 5.99. The Hall–Kier alpha value is -1.03. The van der Waals surface area contributed by atoms with Crippen molar-refractivity contribution in [2.75, 3.05) is 20.1 Å². The fourth-order valence-electron chi connectivity index (χ4n) is 2.33. The van der Waals surface area contributed by atoms with Gasteiger partial charge in [-0.15, -0.1) is 3.89 Å². The van der Waals surface area contributed by atoms with Crippen molar-refractivity contribution < 1.29 is 20.7 Å². The van der Waals surface area contributed by atoms with Crippen LogP contribution in [0.25, 0.3) is 0 Å². The smallest absolute Gasteiger partial charge is 0.305 e. The topological polar surface area (TPSA) is 83.6 Å². The average molecular weight is 336 g/mol. The second-order valence-electron chi connectivity index (χ2n) is 5.13. The molecule has 1 aliphatic rings. The number of nitrogens with zero attached hydrogens (tertiary/aromatic N) is 1. The van der Waals surface area contributed by atoms with Crippen LogP contribution >= 0.6 is 0 Å². The van der Waals surface area contributed by atoms with Crippen LogP contribution in [-0.2, 0) is 20.2 Å². The van der Waals surface area contributed by atoms with Gasteiger partial charge in [0.25, 0.3) is 0 Å². The maximum atomic E-state index is 12.8. The maximum absolute atomic E-state index is 12.8. The number of piperidine rings is 1. The van der Waals surface area contributed by atoms with Crippen molar-refractivity contribution in [2.24, 2.45) is 0 Å². The SMILES string of the molecule is CN1CCCC(NS(=O)(=O)c2ccc(S(=O)(=O)F)cc2)C1. The van der Waals surface area contributed by atoms with Crippen molar-refractivity contribution in [3.8, 4) is 0 Å². The van der Waals surface area contributed by atoms with E-state index in [-0.39, 0.29) is 10.9 Å². The molecule has 118 valence electrons. The third-order valence-corrected chi connectivity index (χ3v) is 5.73. The minimum absolute atomic E-state index is 0.0804. The molecule has 1 N–H and O–H groups in total. The minimum atomic E-state index is -4.82. The van der Waals surface area contributed by atoms with Crippen molar-refractivity contribution >= 4 is 20.2 Å². The lowest BCUT2D eigenvalue weighted by Gasteiger charge is -2.29. The summed E-state index contributed by atoms with van der Waals surface area (Å²) in [6.07, 6.45) is 1.66. The Morgan fingerprint density at radius 3 is 2.24 bits per heavy atom. The molecule has 0 aromatic heterocycles. The summed E-state index contributed by atoms with van der Waals surface area (Å²) in [6, 6.07) is 3.87. The predicted molar refractivity (Wildman–Crippen MR) is 75.6 cm³/mol. The molecule has 2 rings (SSSR count). The molecule has 0 radical (unpaired) electrons. The number of halogens is 1. The molecular formula is C12H17FN2O4S2. The quantitative estimate of drug-likeness (QED) is 0.819. The van der Waals surface area contributed by atoms with Crippen LogP contribution in [0.3, 0.4) is 0 Å². The van der Waals surface area contributed by atoms with Gasteiger partial charge in [-0.25, -0.2) is 13.1 Å². The summed E-state index contributed by atoms with van der Waals surface area (Å²) >= 11 is 0. The van der Waals surface area contributed by atoms with Gasteiger partial charge in [-0.1, -0.05) is 0 Å². The number of sulfonamides is 1. The summed E-state index contributed by atoms with van der Waals surface area (Å²) in [7, 11) is -6.64. The van der Waals surface area contributed by atoms with Gasteiger partial charge >= 0.3 is 10.2 Å². The summed E-state index contributed by atoms with van der Waals surface area (Å²) in [6.45, 7) is 1.55. The Morgan fingerprint density at radius 1 is 1.14 bits per heavy atom. The highest BCUT2D eigenvalue weighted by molar-refractivity contribution is 7.89. The lowest BCUT2D eigenvalue weighted by atomic mass is 10.1. The highest BCUT2D eigenvalue weighted by Crippen LogP contribution is 2.17. The van der Waals surface area contributed by atoms with Crippen molar-refractivity contribution in [2.45, 2.75) is 28.7 Å². The standard InChI is InChI=1S/C12H17FN2O4S2/c1-15-8-2-3-10(9-15)14-21(18,19)12-6-4-11(5-7-12)20(13,16)17/h4-7,10,14H,2-3,8-9H2,1H3. The summed E-state index contributed by atoms with van der Waals surface area (Å²) in [5.41, 5.74) is 0. The van der Waals surface area contributed by atoms with Gasteiger partial charge in [-0.2, -0.15) is 8.42 Å². The third-order valence-electron chi connectivity index (χ3n) is 3.36. The van der Waals surface area contributed by atoms with Crippen LogP contribution in [0.15, 0.2) is 34.1 Å². The molecular weight excluding hydrogens is 319 g/mol. The average Bonchev–Trinajstić information content (AvgIpc) is 2.37. The number of hydrogen-bond donors (Lipinski definition) is 1. The zero-order valence-corrected chi connectivity index (χ0v) is 13.1. The Balaban J connectivity index is 2.16. The molecule has 1 aromatic rings. The van der Waals surface area contributed by atoms with E-state index in [4.69, 9.17) is 0 Å². The van der Waals surface area contributed by atoms with E-state index >= 15 is 0 Å². The summed E-state index contributed by atoms with van der Waals surface area (Å²) < 4.78 is 61.2. The lowest BCUT2D eigenvalue weighted by Crippen LogP contribution is -2.46. The molecule has 9 heteroatoms. The molecule has 0 aliphatic carbocycles. The number of likely N-dealkylation sites (N-methyl/N-ethyl adjacent to an activating group) is 1. The van der Waals surface area contributed by atoms with Crippen LogP contribution in [0.1, 0.15) is 12.8 Å². The van der Waals surface area contributed by atoms with E-state index < -0.39 is 25.1 Å². The Morgan fingerprint density at radius 2 is 1.71 bits per heavy atom. The first-order valence-corrected chi connectivity index (χ1v) is 9.31. The van der Waals surface area contributed by atoms with E-state index in [0.717, 1.165) is 43.7 Å². The first-order valence-electron chi connectivity index (χ1n) is 6.44. The van der Waals surface area contributed by atoms with Gasteiger partial charge < -0.3 is 4.90 Å². The molecule has 1 atom stereocenters. The highest BCUT2D eigenvalue weighted by Gasteiger charge is 2.24. The molecule has 0 spiro atoms. The number of likely N-dealkylation sites (tertiary alicyclic amines) is 1. The van der Waals surface area contributed by atoms with Crippen molar-refractivity contribution in [1.29, 1.82) is 0 Å². The molecule has 1 heterocycles. The van der Waals surface area contributed by atoms with E-state index in [1.165, 1.54) is 0 Å². The zero-order chi connectivity index (χ0) is 15.7.